The number of carbonyl (C=O) groups is 4. The Morgan fingerprint density at radius 3 is 0.827 bits per heavy atom. The van der Waals surface area contributed by atoms with E-state index >= 15 is 0 Å². The maximum absolute atomic E-state index is 13.1. The van der Waals surface area contributed by atoms with Crippen LogP contribution in [0.4, 0.5) is 0 Å². The predicted molar refractivity (Wildman–Crippen MR) is 400 cm³/mol. The molecule has 0 aliphatic rings. The Kier molecular flexibility index (Phi) is 69.3. The van der Waals surface area contributed by atoms with E-state index in [9.17, 15) is 43.2 Å². The van der Waals surface area contributed by atoms with Gasteiger partial charge in [-0.1, -0.05) is 261 Å². The first-order valence-electron chi connectivity index (χ1n) is 39.2. The van der Waals surface area contributed by atoms with Crippen LogP contribution in [0.5, 0.6) is 0 Å². The van der Waals surface area contributed by atoms with Crippen molar-refractivity contribution in [2.45, 2.75) is 367 Å². The van der Waals surface area contributed by atoms with Gasteiger partial charge < -0.3 is 33.8 Å². The third kappa shape index (κ3) is 70.9. The van der Waals surface area contributed by atoms with Crippen molar-refractivity contribution in [1.82, 2.24) is 0 Å². The lowest BCUT2D eigenvalue weighted by Gasteiger charge is -2.21. The highest BCUT2D eigenvalue weighted by molar-refractivity contribution is 7.47. The van der Waals surface area contributed by atoms with Gasteiger partial charge in [-0.25, -0.2) is 9.13 Å². The van der Waals surface area contributed by atoms with Crippen LogP contribution in [0.1, 0.15) is 349 Å². The Morgan fingerprint density at radius 2 is 0.520 bits per heavy atom. The zero-order chi connectivity index (χ0) is 71.8. The van der Waals surface area contributed by atoms with E-state index in [1.807, 2.05) is 0 Å². The Morgan fingerprint density at radius 1 is 0.286 bits per heavy atom. The summed E-state index contributed by atoms with van der Waals surface area (Å²) in [6.07, 6.45) is 71.7. The van der Waals surface area contributed by atoms with Crippen molar-refractivity contribution >= 4 is 39.5 Å². The average Bonchev–Trinajstić information content (AvgIpc) is 1.07. The van der Waals surface area contributed by atoms with Gasteiger partial charge in [-0.3, -0.25) is 37.3 Å². The molecule has 0 aromatic rings. The summed E-state index contributed by atoms with van der Waals surface area (Å²) in [4.78, 5) is 72.9. The van der Waals surface area contributed by atoms with Gasteiger partial charge in [0, 0.05) is 25.7 Å². The van der Waals surface area contributed by atoms with E-state index in [0.29, 0.717) is 25.7 Å². The minimum absolute atomic E-state index is 0.0792. The van der Waals surface area contributed by atoms with E-state index < -0.39 is 97.5 Å². The molecule has 0 aliphatic carbocycles. The van der Waals surface area contributed by atoms with Gasteiger partial charge in [-0.05, 0) is 135 Å². The summed E-state index contributed by atoms with van der Waals surface area (Å²) >= 11 is 0. The number of hydrogen-bond donors (Lipinski definition) is 3. The van der Waals surface area contributed by atoms with E-state index in [-0.39, 0.29) is 25.7 Å². The number of esters is 4. The second-order valence-corrected chi connectivity index (χ2v) is 29.2. The summed E-state index contributed by atoms with van der Waals surface area (Å²) in [6.45, 7) is 4.77. The Balaban J connectivity index is 5.35. The summed E-state index contributed by atoms with van der Waals surface area (Å²) in [7, 11) is -9.95. The van der Waals surface area contributed by atoms with Crippen molar-refractivity contribution in [2.24, 2.45) is 0 Å². The molecule has 0 radical (unpaired) electrons. The summed E-state index contributed by atoms with van der Waals surface area (Å²) in [6, 6.07) is 0. The molecule has 0 aromatic heterocycles. The number of rotatable bonds is 74. The smallest absolute Gasteiger partial charge is 0.462 e. The van der Waals surface area contributed by atoms with E-state index in [1.54, 1.807) is 0 Å². The summed E-state index contributed by atoms with van der Waals surface area (Å²) in [5.41, 5.74) is 0. The second-order valence-electron chi connectivity index (χ2n) is 26.3. The van der Waals surface area contributed by atoms with Crippen LogP contribution >= 0.6 is 15.6 Å². The molecule has 0 aromatic carbocycles. The van der Waals surface area contributed by atoms with Crippen LogP contribution in [0.2, 0.25) is 0 Å². The third-order valence-electron chi connectivity index (χ3n) is 16.6. The minimum atomic E-state index is -4.98. The van der Waals surface area contributed by atoms with Crippen LogP contribution < -0.4 is 0 Å². The molecule has 0 heterocycles. The maximum atomic E-state index is 13.1. The average molecular weight is 1430 g/mol. The van der Waals surface area contributed by atoms with Gasteiger partial charge in [-0.15, -0.1) is 0 Å². The number of phosphoric acid groups is 2. The fourth-order valence-electron chi connectivity index (χ4n) is 10.6. The van der Waals surface area contributed by atoms with Crippen LogP contribution in [0.15, 0.2) is 72.9 Å². The summed E-state index contributed by atoms with van der Waals surface area (Å²) in [5, 5.41) is 10.6. The Bertz CT molecular complexity index is 2140. The molecule has 570 valence electrons. The highest BCUT2D eigenvalue weighted by Crippen LogP contribution is 2.45. The molecule has 0 amide bonds. The molecule has 0 spiro atoms. The van der Waals surface area contributed by atoms with Crippen LogP contribution in [0.3, 0.4) is 0 Å². The lowest BCUT2D eigenvalue weighted by atomic mass is 10.1. The highest BCUT2D eigenvalue weighted by atomic mass is 31.2. The molecular weight excluding hydrogens is 1280 g/mol. The number of hydrogen-bond acceptors (Lipinski definition) is 15. The number of aliphatic hydroxyl groups excluding tert-OH is 1. The fourth-order valence-corrected chi connectivity index (χ4v) is 12.2. The molecule has 98 heavy (non-hydrogen) atoms. The van der Waals surface area contributed by atoms with Crippen LogP contribution in [-0.4, -0.2) is 96.7 Å². The fraction of sp³-hybridized carbons (Fsp3) is 0.797. The van der Waals surface area contributed by atoms with Crippen LogP contribution in [-0.2, 0) is 65.4 Å². The first-order valence-corrected chi connectivity index (χ1v) is 42.2. The second kappa shape index (κ2) is 71.9. The number of unbranched alkanes of at least 4 members (excludes halogenated alkanes) is 36. The van der Waals surface area contributed by atoms with Crippen molar-refractivity contribution in [3.05, 3.63) is 72.9 Å². The van der Waals surface area contributed by atoms with Gasteiger partial charge in [0.05, 0.1) is 26.4 Å². The van der Waals surface area contributed by atoms with Crippen LogP contribution in [0.25, 0.3) is 0 Å². The normalized spacial score (nSPS) is 14.3. The molecule has 0 rings (SSSR count). The lowest BCUT2D eigenvalue weighted by molar-refractivity contribution is -0.161. The number of carbonyl (C=O) groups excluding carboxylic acids is 4. The molecule has 3 N–H and O–H groups in total. The monoisotopic (exact) mass is 1420 g/mol. The van der Waals surface area contributed by atoms with Gasteiger partial charge in [0.2, 0.25) is 0 Å². The SMILES string of the molecule is CCC/C=C\C/C=C\CCCCCCCC(=O)OC(COC(=O)CCCCCCC/C=C\CCCCCCCC)COP(=O)(O)OCC(O)COP(=O)(O)OCC(COC(=O)CCCCCCC/C=C\C/C=C\CCCCC)OC(=O)CCCCCCC/C=C\CCCCCCCC. The molecule has 0 fully saturated rings. The first-order chi connectivity index (χ1) is 47.7. The standard InChI is InChI=1S/C79H142O17P2/c1-5-9-13-17-21-25-29-33-36-40-43-47-51-55-59-63-76(81)89-69-74(95-78(83)65-61-57-53-49-45-39-32-28-24-20-16-12-8-4)71-93-97(85,86)91-67-73(80)68-92-98(87,88)94-72-75(96-79(84)66-62-58-54-50-46-42-38-35-31-27-23-19-15-11-7-3)70-90-77(82)64-60-56-52-48-44-41-37-34-30-26-22-18-14-10-6-2/h16,20,22,26,28,32-38,73-75,80H,5-15,17-19,21,23-25,27,29-31,39-72H2,1-4H3,(H,85,86)(H,87,88)/b20-16-,26-22-,32-28-,36-33-,37-34-,38-35-. The Hall–Kier alpha value is -3.50. The van der Waals surface area contributed by atoms with Gasteiger partial charge in [0.15, 0.2) is 12.2 Å². The van der Waals surface area contributed by atoms with Crippen molar-refractivity contribution in [3.8, 4) is 0 Å². The van der Waals surface area contributed by atoms with E-state index in [2.05, 4.69) is 101 Å². The van der Waals surface area contributed by atoms with Gasteiger partial charge in [-0.2, -0.15) is 0 Å². The molecule has 0 aliphatic heterocycles. The number of phosphoric ester groups is 2. The molecule has 5 atom stereocenters. The van der Waals surface area contributed by atoms with E-state index in [4.69, 9.17) is 37.0 Å². The van der Waals surface area contributed by atoms with Crippen molar-refractivity contribution < 1.29 is 80.2 Å². The van der Waals surface area contributed by atoms with Gasteiger partial charge >= 0.3 is 39.5 Å². The largest absolute Gasteiger partial charge is 0.472 e. The maximum Gasteiger partial charge on any atom is 0.472 e. The topological polar surface area (TPSA) is 237 Å². The minimum Gasteiger partial charge on any atom is -0.462 e. The quantitative estimate of drug-likeness (QED) is 0.0169. The predicted octanol–water partition coefficient (Wildman–Crippen LogP) is 22.4. The molecule has 5 unspecified atom stereocenters. The summed E-state index contributed by atoms with van der Waals surface area (Å²) in [5.74, 6) is -2.20. The van der Waals surface area contributed by atoms with Gasteiger partial charge in [0.1, 0.15) is 19.3 Å². The lowest BCUT2D eigenvalue weighted by Crippen LogP contribution is -2.30. The molecular formula is C79H142O17P2. The molecule has 17 nitrogen and oxygen atoms in total. The van der Waals surface area contributed by atoms with E-state index in [0.717, 1.165) is 173 Å². The zero-order valence-electron chi connectivity index (χ0n) is 62.2. The highest BCUT2D eigenvalue weighted by Gasteiger charge is 2.30. The van der Waals surface area contributed by atoms with E-state index in [1.165, 1.54) is 96.3 Å². The molecule has 0 saturated heterocycles. The first kappa shape index (κ1) is 94.5. The van der Waals surface area contributed by atoms with Crippen molar-refractivity contribution in [1.29, 1.82) is 0 Å². The molecule has 0 saturated carbocycles. The summed E-state index contributed by atoms with van der Waals surface area (Å²) < 4.78 is 68.5. The van der Waals surface area contributed by atoms with Gasteiger partial charge in [0.25, 0.3) is 0 Å². The number of allylic oxidation sites excluding steroid dienone is 12. The number of ether oxygens (including phenoxy) is 4. The third-order valence-corrected chi connectivity index (χ3v) is 18.5. The Labute approximate surface area is 596 Å². The van der Waals surface area contributed by atoms with Crippen LogP contribution in [0, 0.1) is 0 Å². The molecule has 0 bridgehead atoms. The zero-order valence-corrected chi connectivity index (χ0v) is 64.0. The number of aliphatic hydroxyl groups is 1. The molecule has 19 heteroatoms. The van der Waals surface area contributed by atoms with Crippen molar-refractivity contribution in [3.63, 3.8) is 0 Å². The van der Waals surface area contributed by atoms with Crippen molar-refractivity contribution in [2.75, 3.05) is 39.6 Å².